The summed E-state index contributed by atoms with van der Waals surface area (Å²) in [6, 6.07) is 0.135. The predicted molar refractivity (Wildman–Crippen MR) is 56.0 cm³/mol. The van der Waals surface area contributed by atoms with Crippen molar-refractivity contribution < 1.29 is 0 Å². The lowest BCUT2D eigenvalue weighted by Gasteiger charge is -2.21. The van der Waals surface area contributed by atoms with E-state index < -0.39 is 0 Å². The second kappa shape index (κ2) is 4.46. The van der Waals surface area contributed by atoms with Gasteiger partial charge in [0.05, 0.1) is 0 Å². The van der Waals surface area contributed by atoms with Gasteiger partial charge in [0.25, 0.3) is 0 Å². The van der Waals surface area contributed by atoms with Crippen LogP contribution in [0, 0.1) is 5.41 Å². The van der Waals surface area contributed by atoms with Gasteiger partial charge >= 0.3 is 0 Å². The smallest absolute Gasteiger partial charge is 0.0200 e. The van der Waals surface area contributed by atoms with Gasteiger partial charge in [0.2, 0.25) is 0 Å². The summed E-state index contributed by atoms with van der Waals surface area (Å²) < 4.78 is 0. The summed E-state index contributed by atoms with van der Waals surface area (Å²) in [6.07, 6.45) is 6.29. The maximum atomic E-state index is 5.71. The van der Waals surface area contributed by atoms with Crippen LogP contribution >= 0.6 is 0 Å². The minimum Gasteiger partial charge on any atom is -0.325 e. The monoisotopic (exact) mass is 167 g/mol. The highest BCUT2D eigenvalue weighted by molar-refractivity contribution is 5.25. The zero-order valence-corrected chi connectivity index (χ0v) is 8.89. The van der Waals surface area contributed by atoms with Crippen LogP contribution in [0.15, 0.2) is 23.8 Å². The van der Waals surface area contributed by atoms with E-state index >= 15 is 0 Å². The molecule has 12 heavy (non-hydrogen) atoms. The Kier molecular flexibility index (Phi) is 4.25. The fourth-order valence-corrected chi connectivity index (χ4v) is 1.02. The lowest BCUT2D eigenvalue weighted by molar-refractivity contribution is 0.513. The number of rotatable bonds is 2. The van der Waals surface area contributed by atoms with E-state index in [0.29, 0.717) is 0 Å². The van der Waals surface area contributed by atoms with E-state index in [1.165, 1.54) is 5.57 Å². The lowest BCUT2D eigenvalue weighted by Crippen LogP contribution is -2.16. The average molecular weight is 167 g/mol. The van der Waals surface area contributed by atoms with E-state index in [9.17, 15) is 0 Å². The summed E-state index contributed by atoms with van der Waals surface area (Å²) in [7, 11) is 0. The number of allylic oxidation sites excluding steroid dienone is 3. The summed E-state index contributed by atoms with van der Waals surface area (Å²) in [5.41, 5.74) is 7.21. The van der Waals surface area contributed by atoms with E-state index in [0.717, 1.165) is 0 Å². The average Bonchev–Trinajstić information content (AvgIpc) is 1.83. The highest BCUT2D eigenvalue weighted by Crippen LogP contribution is 2.26. The standard InChI is InChI=1S/C11H21N/c1-6-7-10(8-9(2)12)11(3,4)5/h6-9H,12H2,1-5H3/b7-6-,10-8+. The fourth-order valence-electron chi connectivity index (χ4n) is 1.02. The van der Waals surface area contributed by atoms with E-state index in [4.69, 9.17) is 5.73 Å². The van der Waals surface area contributed by atoms with Gasteiger partial charge in [0, 0.05) is 6.04 Å². The number of nitrogens with two attached hydrogens (primary N) is 1. The second-order valence-electron chi connectivity index (χ2n) is 4.23. The molecule has 0 aliphatic rings. The molecule has 0 fully saturated rings. The Morgan fingerprint density at radius 3 is 2.08 bits per heavy atom. The third kappa shape index (κ3) is 4.35. The van der Waals surface area contributed by atoms with Gasteiger partial charge in [-0.1, -0.05) is 39.0 Å². The number of hydrogen-bond acceptors (Lipinski definition) is 1. The topological polar surface area (TPSA) is 26.0 Å². The molecular formula is C11H21N. The van der Waals surface area contributed by atoms with Crippen molar-refractivity contribution in [2.45, 2.75) is 40.7 Å². The molecule has 0 aliphatic carbocycles. The van der Waals surface area contributed by atoms with E-state index in [-0.39, 0.29) is 11.5 Å². The zero-order chi connectivity index (χ0) is 9.78. The molecule has 0 aromatic carbocycles. The molecule has 70 valence electrons. The van der Waals surface area contributed by atoms with Crippen molar-refractivity contribution in [2.75, 3.05) is 0 Å². The first-order valence-corrected chi connectivity index (χ1v) is 4.48. The van der Waals surface area contributed by atoms with Gasteiger partial charge in [0.15, 0.2) is 0 Å². The van der Waals surface area contributed by atoms with Crippen LogP contribution in [-0.4, -0.2) is 6.04 Å². The predicted octanol–water partition coefficient (Wildman–Crippen LogP) is 2.88. The van der Waals surface area contributed by atoms with Gasteiger partial charge < -0.3 is 5.73 Å². The maximum Gasteiger partial charge on any atom is 0.0200 e. The van der Waals surface area contributed by atoms with E-state index in [1.807, 2.05) is 13.8 Å². The van der Waals surface area contributed by atoms with Gasteiger partial charge in [0.1, 0.15) is 0 Å². The Balaban J connectivity index is 4.67. The normalized spacial score (nSPS) is 17.0. The molecule has 1 nitrogen and oxygen atoms in total. The minimum atomic E-state index is 0.135. The molecule has 2 N–H and O–H groups in total. The Bertz CT molecular complexity index is 180. The molecule has 0 aromatic rings. The van der Waals surface area contributed by atoms with Crippen molar-refractivity contribution in [3.8, 4) is 0 Å². The zero-order valence-electron chi connectivity index (χ0n) is 8.89. The Morgan fingerprint density at radius 2 is 1.83 bits per heavy atom. The van der Waals surface area contributed by atoms with Gasteiger partial charge in [-0.15, -0.1) is 0 Å². The van der Waals surface area contributed by atoms with E-state index in [1.54, 1.807) is 0 Å². The molecule has 1 atom stereocenters. The number of hydrogen-bond donors (Lipinski definition) is 1. The van der Waals surface area contributed by atoms with Crippen molar-refractivity contribution in [1.29, 1.82) is 0 Å². The van der Waals surface area contributed by atoms with E-state index in [2.05, 4.69) is 39.0 Å². The van der Waals surface area contributed by atoms with Crippen molar-refractivity contribution in [2.24, 2.45) is 11.1 Å². The summed E-state index contributed by atoms with van der Waals surface area (Å²) >= 11 is 0. The molecule has 0 amide bonds. The molecule has 0 rings (SSSR count). The van der Waals surface area contributed by atoms with Crippen LogP contribution in [-0.2, 0) is 0 Å². The van der Waals surface area contributed by atoms with Gasteiger partial charge in [-0.05, 0) is 24.8 Å². The van der Waals surface area contributed by atoms with Crippen molar-refractivity contribution in [3.63, 3.8) is 0 Å². The SMILES string of the molecule is C/C=C\C(=C/C(C)N)C(C)(C)C. The Hall–Kier alpha value is -0.560. The molecule has 0 aromatic heterocycles. The van der Waals surface area contributed by atoms with Crippen LogP contribution in [0.5, 0.6) is 0 Å². The maximum absolute atomic E-state index is 5.71. The molecule has 0 radical (unpaired) electrons. The second-order valence-corrected chi connectivity index (χ2v) is 4.23. The van der Waals surface area contributed by atoms with Crippen LogP contribution in [0.1, 0.15) is 34.6 Å². The van der Waals surface area contributed by atoms with Gasteiger partial charge in [-0.3, -0.25) is 0 Å². The van der Waals surface area contributed by atoms with Crippen LogP contribution in [0.25, 0.3) is 0 Å². The first kappa shape index (κ1) is 11.4. The molecule has 0 heterocycles. The van der Waals surface area contributed by atoms with Crippen LogP contribution in [0.3, 0.4) is 0 Å². The molecule has 0 aliphatic heterocycles. The largest absolute Gasteiger partial charge is 0.325 e. The fraction of sp³-hybridized carbons (Fsp3) is 0.636. The Morgan fingerprint density at radius 1 is 1.33 bits per heavy atom. The van der Waals surface area contributed by atoms with Crippen molar-refractivity contribution >= 4 is 0 Å². The lowest BCUT2D eigenvalue weighted by atomic mass is 9.85. The van der Waals surface area contributed by atoms with Crippen molar-refractivity contribution in [1.82, 2.24) is 0 Å². The van der Waals surface area contributed by atoms with Crippen LogP contribution in [0.4, 0.5) is 0 Å². The molecule has 0 saturated heterocycles. The first-order chi connectivity index (χ1) is 5.38. The third-order valence-corrected chi connectivity index (χ3v) is 1.65. The molecular weight excluding hydrogens is 146 g/mol. The quantitative estimate of drug-likeness (QED) is 0.629. The van der Waals surface area contributed by atoms with Crippen LogP contribution in [0.2, 0.25) is 0 Å². The molecule has 0 saturated carbocycles. The Labute approximate surface area is 76.3 Å². The third-order valence-electron chi connectivity index (χ3n) is 1.65. The summed E-state index contributed by atoms with van der Waals surface area (Å²) in [4.78, 5) is 0. The van der Waals surface area contributed by atoms with Crippen molar-refractivity contribution in [3.05, 3.63) is 23.8 Å². The summed E-state index contributed by atoms with van der Waals surface area (Å²) in [5, 5.41) is 0. The van der Waals surface area contributed by atoms with Crippen LogP contribution < -0.4 is 5.73 Å². The van der Waals surface area contributed by atoms with Gasteiger partial charge in [-0.2, -0.15) is 0 Å². The van der Waals surface area contributed by atoms with Gasteiger partial charge in [-0.25, -0.2) is 0 Å². The highest BCUT2D eigenvalue weighted by atomic mass is 14.6. The molecule has 0 bridgehead atoms. The minimum absolute atomic E-state index is 0.135. The summed E-state index contributed by atoms with van der Waals surface area (Å²) in [5.74, 6) is 0. The first-order valence-electron chi connectivity index (χ1n) is 4.48. The summed E-state index contributed by atoms with van der Waals surface area (Å²) in [6.45, 7) is 10.6. The molecule has 1 unspecified atom stereocenters. The highest BCUT2D eigenvalue weighted by Gasteiger charge is 2.14. The molecule has 0 spiro atoms. The molecule has 1 heteroatoms.